The number of carbonyl (C=O) groups excluding carboxylic acids is 1. The van der Waals surface area contributed by atoms with Crippen molar-refractivity contribution in [2.75, 3.05) is 0 Å². The zero-order valence-corrected chi connectivity index (χ0v) is 12.5. The van der Waals surface area contributed by atoms with E-state index in [0.717, 1.165) is 18.7 Å². The minimum absolute atomic E-state index is 0.223. The van der Waals surface area contributed by atoms with Crippen molar-refractivity contribution < 1.29 is 19.4 Å². The lowest BCUT2D eigenvalue weighted by atomic mass is 10.1. The first kappa shape index (κ1) is 15.3. The summed E-state index contributed by atoms with van der Waals surface area (Å²) in [7, 11) is 0. The second kappa shape index (κ2) is 5.75. The van der Waals surface area contributed by atoms with E-state index in [0.29, 0.717) is 12.1 Å². The summed E-state index contributed by atoms with van der Waals surface area (Å²) in [5.41, 5.74) is 0.0929. The van der Waals surface area contributed by atoms with Crippen molar-refractivity contribution in [3.63, 3.8) is 0 Å². The molecule has 2 N–H and O–H groups in total. The van der Waals surface area contributed by atoms with Crippen LogP contribution in [0.25, 0.3) is 0 Å². The quantitative estimate of drug-likeness (QED) is 0.888. The van der Waals surface area contributed by atoms with Gasteiger partial charge in [0.2, 0.25) is 0 Å². The maximum Gasteiger partial charge on any atom is 0.407 e. The van der Waals surface area contributed by atoms with Crippen molar-refractivity contribution in [3.05, 3.63) is 17.7 Å². The van der Waals surface area contributed by atoms with E-state index in [-0.39, 0.29) is 6.54 Å². The second-order valence-electron chi connectivity index (χ2n) is 6.16. The number of aliphatic carboxylic acids is 1. The van der Waals surface area contributed by atoms with Gasteiger partial charge in [0.25, 0.3) is 0 Å². The normalized spacial score (nSPS) is 18.0. The molecule has 116 valence electrons. The van der Waals surface area contributed by atoms with E-state index >= 15 is 0 Å². The molecule has 0 bridgehead atoms. The topological polar surface area (TPSA) is 93.5 Å². The van der Waals surface area contributed by atoms with Gasteiger partial charge in [-0.2, -0.15) is 0 Å². The molecule has 21 heavy (non-hydrogen) atoms. The number of aryl methyl sites for hydroxylation is 1. The molecule has 2 rings (SSSR count). The molecule has 0 saturated heterocycles. The standard InChI is InChI=1S/C14H21N3O4/c1-14(2,3)21-13(20)15-7-9-8-17-10(12(18)19)5-4-6-11(17)16-9/h8,10H,4-7H2,1-3H3,(H,15,20)(H,18,19). The van der Waals surface area contributed by atoms with Gasteiger partial charge in [-0.15, -0.1) is 0 Å². The number of hydrogen-bond acceptors (Lipinski definition) is 4. The van der Waals surface area contributed by atoms with Crippen LogP contribution in [-0.2, 0) is 22.5 Å². The fourth-order valence-corrected chi connectivity index (χ4v) is 2.34. The van der Waals surface area contributed by atoms with Gasteiger partial charge >= 0.3 is 12.1 Å². The molecule has 7 heteroatoms. The Labute approximate surface area is 123 Å². The average molecular weight is 295 g/mol. The Balaban J connectivity index is 2.00. The summed E-state index contributed by atoms with van der Waals surface area (Å²) in [5, 5.41) is 11.8. The fourth-order valence-electron chi connectivity index (χ4n) is 2.34. The molecule has 0 aliphatic carbocycles. The number of amides is 1. The summed E-state index contributed by atoms with van der Waals surface area (Å²) in [4.78, 5) is 27.2. The summed E-state index contributed by atoms with van der Waals surface area (Å²) in [6.07, 6.45) is 3.37. The molecule has 7 nitrogen and oxygen atoms in total. The van der Waals surface area contributed by atoms with Gasteiger partial charge in [-0.25, -0.2) is 14.6 Å². The van der Waals surface area contributed by atoms with Crippen LogP contribution in [0.3, 0.4) is 0 Å². The lowest BCUT2D eigenvalue weighted by Crippen LogP contribution is -2.32. The van der Waals surface area contributed by atoms with Crippen LogP contribution in [0.1, 0.15) is 51.2 Å². The first-order valence-electron chi connectivity index (χ1n) is 7.02. The molecule has 0 spiro atoms. The van der Waals surface area contributed by atoms with Gasteiger partial charge in [0.05, 0.1) is 12.2 Å². The third-order valence-corrected chi connectivity index (χ3v) is 3.17. The van der Waals surface area contributed by atoms with Crippen LogP contribution in [0.15, 0.2) is 6.20 Å². The maximum absolute atomic E-state index is 11.6. The number of carboxylic acid groups (broad SMARTS) is 1. The Bertz CT molecular complexity index is 545. The number of ether oxygens (including phenoxy) is 1. The molecule has 1 unspecified atom stereocenters. The lowest BCUT2D eigenvalue weighted by Gasteiger charge is -2.21. The first-order chi connectivity index (χ1) is 9.76. The van der Waals surface area contributed by atoms with Gasteiger partial charge in [0.15, 0.2) is 0 Å². The van der Waals surface area contributed by atoms with Crippen LogP contribution < -0.4 is 5.32 Å². The third-order valence-electron chi connectivity index (χ3n) is 3.17. The van der Waals surface area contributed by atoms with Crippen LogP contribution in [-0.4, -0.2) is 32.3 Å². The first-order valence-corrected chi connectivity index (χ1v) is 7.02. The highest BCUT2D eigenvalue weighted by Crippen LogP contribution is 2.25. The van der Waals surface area contributed by atoms with Crippen molar-refractivity contribution in [1.29, 1.82) is 0 Å². The Morgan fingerprint density at radius 1 is 1.52 bits per heavy atom. The molecule has 0 fully saturated rings. The van der Waals surface area contributed by atoms with Crippen molar-refractivity contribution in [1.82, 2.24) is 14.9 Å². The van der Waals surface area contributed by atoms with E-state index in [1.807, 2.05) is 0 Å². The zero-order valence-electron chi connectivity index (χ0n) is 12.5. The predicted octanol–water partition coefficient (Wildman–Crippen LogP) is 1.87. The zero-order chi connectivity index (χ0) is 15.6. The van der Waals surface area contributed by atoms with Gasteiger partial charge in [-0.05, 0) is 33.6 Å². The second-order valence-corrected chi connectivity index (χ2v) is 6.16. The number of aromatic nitrogens is 2. The van der Waals surface area contributed by atoms with E-state index in [1.54, 1.807) is 31.5 Å². The van der Waals surface area contributed by atoms with E-state index in [1.165, 1.54) is 0 Å². The van der Waals surface area contributed by atoms with Crippen LogP contribution in [0.5, 0.6) is 0 Å². The highest BCUT2D eigenvalue weighted by molar-refractivity contribution is 5.72. The number of hydrogen-bond donors (Lipinski definition) is 2. The van der Waals surface area contributed by atoms with Crippen LogP contribution >= 0.6 is 0 Å². The van der Waals surface area contributed by atoms with Gasteiger partial charge in [-0.1, -0.05) is 0 Å². The van der Waals surface area contributed by atoms with E-state index < -0.39 is 23.7 Å². The number of alkyl carbamates (subject to hydrolysis) is 1. The summed E-state index contributed by atoms with van der Waals surface area (Å²) in [6.45, 7) is 5.60. The van der Waals surface area contributed by atoms with E-state index in [4.69, 9.17) is 4.74 Å². The Morgan fingerprint density at radius 2 is 2.24 bits per heavy atom. The molecule has 1 aromatic heterocycles. The highest BCUT2D eigenvalue weighted by Gasteiger charge is 2.27. The number of imidazole rings is 1. The Morgan fingerprint density at radius 3 is 2.86 bits per heavy atom. The van der Waals surface area contributed by atoms with E-state index in [2.05, 4.69) is 10.3 Å². The number of nitrogens with one attached hydrogen (secondary N) is 1. The summed E-state index contributed by atoms with van der Waals surface area (Å²) in [5.74, 6) is -0.0883. The smallest absolute Gasteiger partial charge is 0.407 e. The minimum Gasteiger partial charge on any atom is -0.480 e. The van der Waals surface area contributed by atoms with Gasteiger partial charge in [0, 0.05) is 12.6 Å². The van der Waals surface area contributed by atoms with Gasteiger partial charge in [-0.3, -0.25) is 0 Å². The van der Waals surface area contributed by atoms with Crippen molar-refractivity contribution in [2.45, 2.75) is 58.2 Å². The molecule has 0 saturated carbocycles. The van der Waals surface area contributed by atoms with Crippen LogP contribution in [0.4, 0.5) is 4.79 Å². The molecule has 0 radical (unpaired) electrons. The number of carboxylic acids is 1. The van der Waals surface area contributed by atoms with Crippen molar-refractivity contribution in [3.8, 4) is 0 Å². The minimum atomic E-state index is -0.847. The van der Waals surface area contributed by atoms with Crippen molar-refractivity contribution in [2.24, 2.45) is 0 Å². The lowest BCUT2D eigenvalue weighted by molar-refractivity contribution is -0.141. The van der Waals surface area contributed by atoms with Gasteiger partial charge < -0.3 is 19.7 Å². The molecule has 1 aromatic rings. The number of carbonyl (C=O) groups is 2. The summed E-state index contributed by atoms with van der Waals surface area (Å²) in [6, 6.07) is -0.559. The molecular formula is C14H21N3O4. The molecule has 0 aromatic carbocycles. The van der Waals surface area contributed by atoms with E-state index in [9.17, 15) is 14.7 Å². The molecule has 2 heterocycles. The number of rotatable bonds is 3. The van der Waals surface area contributed by atoms with Crippen molar-refractivity contribution >= 4 is 12.1 Å². The fraction of sp³-hybridized carbons (Fsp3) is 0.643. The maximum atomic E-state index is 11.6. The molecule has 1 amide bonds. The molecule has 1 aliphatic rings. The SMILES string of the molecule is CC(C)(C)OC(=O)NCc1cn2c(n1)CCCC2C(=O)O. The average Bonchev–Trinajstić information content (AvgIpc) is 2.76. The van der Waals surface area contributed by atoms with Crippen LogP contribution in [0.2, 0.25) is 0 Å². The van der Waals surface area contributed by atoms with Crippen LogP contribution in [0, 0.1) is 0 Å². The largest absolute Gasteiger partial charge is 0.480 e. The number of nitrogens with zero attached hydrogens (tertiary/aromatic N) is 2. The van der Waals surface area contributed by atoms with Gasteiger partial charge in [0.1, 0.15) is 17.5 Å². The highest BCUT2D eigenvalue weighted by atomic mass is 16.6. The number of fused-ring (bicyclic) bond motifs is 1. The summed E-state index contributed by atoms with van der Waals surface area (Å²) < 4.78 is 6.83. The molecule has 1 atom stereocenters. The Kier molecular flexibility index (Phi) is 4.20. The molecule has 1 aliphatic heterocycles. The third kappa shape index (κ3) is 3.96. The summed E-state index contributed by atoms with van der Waals surface area (Å²) >= 11 is 0. The Hall–Kier alpha value is -2.05. The predicted molar refractivity (Wildman–Crippen MR) is 74.9 cm³/mol. The molecular weight excluding hydrogens is 274 g/mol. The monoisotopic (exact) mass is 295 g/mol.